The van der Waals surface area contributed by atoms with Crippen LogP contribution in [0.1, 0.15) is 64.3 Å². The summed E-state index contributed by atoms with van der Waals surface area (Å²) >= 11 is 0. The van der Waals surface area contributed by atoms with Gasteiger partial charge in [0.2, 0.25) is 0 Å². The zero-order chi connectivity index (χ0) is 19.5. The van der Waals surface area contributed by atoms with Gasteiger partial charge in [0.1, 0.15) is 0 Å². The molecule has 1 atom stereocenters. The van der Waals surface area contributed by atoms with Crippen LogP contribution in [0.5, 0.6) is 0 Å². The number of aryl methyl sites for hydroxylation is 2. The fourth-order valence-electron chi connectivity index (χ4n) is 4.01. The minimum Gasteiger partial charge on any atom is -0.675 e. The van der Waals surface area contributed by atoms with Crippen molar-refractivity contribution < 1.29 is 16.5 Å². The van der Waals surface area contributed by atoms with E-state index >= 15 is 0 Å². The van der Waals surface area contributed by atoms with E-state index in [0.717, 1.165) is 6.16 Å². The molecule has 3 heteroatoms. The molecule has 2 aromatic carbocycles. The molecule has 0 aliphatic heterocycles. The average Bonchev–Trinajstić information content (AvgIpc) is 2.52. The van der Waals surface area contributed by atoms with Crippen LogP contribution in [0.25, 0.3) is 5.32 Å². The molecule has 0 bridgehead atoms. The second-order valence-electron chi connectivity index (χ2n) is 9.48. The molecule has 158 valence electrons. The number of hydrogen-bond donors (Lipinski definition) is 0. The summed E-state index contributed by atoms with van der Waals surface area (Å²) in [4.78, 5) is 0. The van der Waals surface area contributed by atoms with Crippen molar-refractivity contribution in [3.05, 3.63) is 78.0 Å². The summed E-state index contributed by atoms with van der Waals surface area (Å²) in [6.45, 7) is 18.8. The van der Waals surface area contributed by atoms with Crippen molar-refractivity contribution in [3.8, 4) is 0 Å². The molecule has 0 heterocycles. The molecule has 0 aliphatic rings. The molecular weight excluding hydrogens is 404 g/mol. The fourth-order valence-corrected chi connectivity index (χ4v) is 8.20. The molecule has 28 heavy (non-hydrogen) atoms. The molecular formula is C25H39NNiP+. The van der Waals surface area contributed by atoms with E-state index in [1.54, 1.807) is 0 Å². The molecule has 0 spiro atoms. The summed E-state index contributed by atoms with van der Waals surface area (Å²) < 4.78 is 0. The smallest absolute Gasteiger partial charge is 0.675 e. The SMILES string of the molecule is Cc1cccc(C)c1[N-]C(C[PH+](C(C)(C)C)C(C)(C)C)c1ccccc1.[CH3-].[Ni+2]. The van der Waals surface area contributed by atoms with Crippen LogP contribution in [0.3, 0.4) is 0 Å². The molecule has 0 amide bonds. The van der Waals surface area contributed by atoms with Crippen molar-refractivity contribution in [2.45, 2.75) is 71.7 Å². The van der Waals surface area contributed by atoms with Crippen LogP contribution in [0.15, 0.2) is 48.5 Å². The fraction of sp³-hybridized carbons (Fsp3) is 0.480. The Morgan fingerprint density at radius 1 is 0.786 bits per heavy atom. The molecule has 2 aromatic rings. The van der Waals surface area contributed by atoms with Crippen LogP contribution >= 0.6 is 7.92 Å². The molecule has 0 N–H and O–H groups in total. The van der Waals surface area contributed by atoms with Gasteiger partial charge in [-0.2, -0.15) is 0 Å². The predicted molar refractivity (Wildman–Crippen MR) is 127 cm³/mol. The molecule has 0 radical (unpaired) electrons. The van der Waals surface area contributed by atoms with Gasteiger partial charge in [-0.15, -0.1) is 5.69 Å². The first-order valence-corrected chi connectivity index (χ1v) is 11.4. The summed E-state index contributed by atoms with van der Waals surface area (Å²) in [5.41, 5.74) is 5.05. The van der Waals surface area contributed by atoms with Crippen LogP contribution in [-0.4, -0.2) is 16.5 Å². The van der Waals surface area contributed by atoms with Gasteiger partial charge in [-0.25, -0.2) is 0 Å². The first-order valence-electron chi connectivity index (χ1n) is 9.69. The summed E-state index contributed by atoms with van der Waals surface area (Å²) in [5.74, 6) is 0. The molecule has 0 saturated carbocycles. The van der Waals surface area contributed by atoms with Crippen molar-refractivity contribution >= 4 is 13.6 Å². The number of para-hydroxylation sites is 1. The van der Waals surface area contributed by atoms with Gasteiger partial charge >= 0.3 is 16.5 Å². The van der Waals surface area contributed by atoms with Gasteiger partial charge in [0.15, 0.2) is 0 Å². The van der Waals surface area contributed by atoms with Crippen molar-refractivity contribution in [2.24, 2.45) is 0 Å². The molecule has 1 unspecified atom stereocenters. The van der Waals surface area contributed by atoms with E-state index in [2.05, 4.69) is 104 Å². The maximum absolute atomic E-state index is 5.32. The summed E-state index contributed by atoms with van der Waals surface area (Å²) in [5, 5.41) is 6.00. The van der Waals surface area contributed by atoms with E-state index in [9.17, 15) is 0 Å². The Bertz CT molecular complexity index is 679. The Morgan fingerprint density at radius 3 is 1.68 bits per heavy atom. The second kappa shape index (κ2) is 10.8. The normalized spacial score (nSPS) is 12.8. The third-order valence-electron chi connectivity index (χ3n) is 5.12. The van der Waals surface area contributed by atoms with Gasteiger partial charge in [-0.3, -0.25) is 0 Å². The van der Waals surface area contributed by atoms with Crippen LogP contribution in [0.2, 0.25) is 0 Å². The standard InChI is InChI=1S/C24H35NP.CH3.Ni/c1-18-13-12-14-19(2)22(18)25-21(20-15-10-9-11-16-20)17-26(23(3,4)5)24(6,7)8;;/h9-16,21H,17H2,1-8H3;1H3;/q2*-1;+2/p+1. The van der Waals surface area contributed by atoms with Gasteiger partial charge in [0, 0.05) is 14.1 Å². The van der Waals surface area contributed by atoms with Crippen molar-refractivity contribution in [1.29, 1.82) is 0 Å². The summed E-state index contributed by atoms with van der Waals surface area (Å²) in [7, 11) is -0.660. The Hall–Kier alpha value is -0.836. The van der Waals surface area contributed by atoms with Crippen molar-refractivity contribution in [1.82, 2.24) is 0 Å². The van der Waals surface area contributed by atoms with Crippen LogP contribution < -0.4 is 0 Å². The Balaban J connectivity index is 0.00000364. The third-order valence-corrected chi connectivity index (χ3v) is 9.53. The van der Waals surface area contributed by atoms with Gasteiger partial charge in [-0.1, -0.05) is 71.3 Å². The molecule has 2 rings (SSSR count). The van der Waals surface area contributed by atoms with E-state index < -0.39 is 7.92 Å². The molecule has 0 saturated heterocycles. The van der Waals surface area contributed by atoms with Gasteiger partial charge in [0.05, 0.1) is 10.3 Å². The van der Waals surface area contributed by atoms with Gasteiger partial charge in [-0.05, 0) is 55.4 Å². The zero-order valence-electron chi connectivity index (χ0n) is 19.2. The summed E-state index contributed by atoms with van der Waals surface area (Å²) in [6.07, 6.45) is 1.16. The van der Waals surface area contributed by atoms with E-state index in [4.69, 9.17) is 5.32 Å². The average molecular weight is 443 g/mol. The third kappa shape index (κ3) is 7.20. The predicted octanol–water partition coefficient (Wildman–Crippen LogP) is 8.31. The van der Waals surface area contributed by atoms with Crippen LogP contribution in [-0.2, 0) is 16.5 Å². The molecule has 0 aliphatic carbocycles. The maximum atomic E-state index is 5.32. The van der Waals surface area contributed by atoms with Crippen molar-refractivity contribution in [2.75, 3.05) is 6.16 Å². The van der Waals surface area contributed by atoms with Gasteiger partial charge in [0.25, 0.3) is 0 Å². The van der Waals surface area contributed by atoms with E-state index in [1.807, 2.05) is 0 Å². The summed E-state index contributed by atoms with van der Waals surface area (Å²) in [6, 6.07) is 17.6. The maximum Gasteiger partial charge on any atom is 2.00 e. The number of hydrogen-bond acceptors (Lipinski definition) is 0. The monoisotopic (exact) mass is 442 g/mol. The van der Waals surface area contributed by atoms with Gasteiger partial charge < -0.3 is 12.7 Å². The van der Waals surface area contributed by atoms with E-state index in [0.29, 0.717) is 10.3 Å². The first kappa shape index (κ1) is 27.2. The molecule has 0 aromatic heterocycles. The Morgan fingerprint density at radius 2 is 1.25 bits per heavy atom. The minimum absolute atomic E-state index is 0. The molecule has 1 nitrogen and oxygen atoms in total. The topological polar surface area (TPSA) is 14.1 Å². The van der Waals surface area contributed by atoms with Crippen LogP contribution in [0.4, 0.5) is 5.69 Å². The first-order chi connectivity index (χ1) is 12.0. The number of benzene rings is 2. The second-order valence-corrected chi connectivity index (χ2v) is 13.8. The minimum atomic E-state index is -0.660. The molecule has 0 fully saturated rings. The zero-order valence-corrected chi connectivity index (χ0v) is 21.2. The Labute approximate surface area is 185 Å². The largest absolute Gasteiger partial charge is 2.00 e. The van der Waals surface area contributed by atoms with Crippen molar-refractivity contribution in [3.63, 3.8) is 0 Å². The quantitative estimate of drug-likeness (QED) is 0.251. The van der Waals surface area contributed by atoms with E-state index in [-0.39, 0.29) is 30.0 Å². The number of nitrogens with zero attached hydrogens (tertiary/aromatic N) is 1. The van der Waals surface area contributed by atoms with Crippen LogP contribution in [0, 0.1) is 21.3 Å². The van der Waals surface area contributed by atoms with E-state index in [1.165, 1.54) is 22.4 Å². The Kier molecular flexibility index (Phi) is 10.5. The number of rotatable bonds is 5.